The summed E-state index contributed by atoms with van der Waals surface area (Å²) in [6, 6.07) is 4.75. The summed E-state index contributed by atoms with van der Waals surface area (Å²) >= 11 is 0. The van der Waals surface area contributed by atoms with E-state index in [1.54, 1.807) is 6.07 Å². The molecule has 2 atom stereocenters. The third-order valence-corrected chi connectivity index (χ3v) is 5.71. The summed E-state index contributed by atoms with van der Waals surface area (Å²) in [5.74, 6) is -1.10. The molecule has 3 rings (SSSR count). The molecule has 2 aliphatic rings. The number of hydrogen-bond acceptors (Lipinski definition) is 3. The van der Waals surface area contributed by atoms with Crippen LogP contribution in [-0.4, -0.2) is 59.6 Å². The van der Waals surface area contributed by atoms with Crippen LogP contribution in [0.4, 0.5) is 9.18 Å². The molecule has 1 aromatic rings. The van der Waals surface area contributed by atoms with Gasteiger partial charge in [-0.2, -0.15) is 0 Å². The lowest BCUT2D eigenvalue weighted by atomic mass is 9.87. The maximum Gasteiger partial charge on any atom is 0.317 e. The number of carboxylic acid groups (broad SMARTS) is 1. The van der Waals surface area contributed by atoms with Gasteiger partial charge in [0.2, 0.25) is 0 Å². The zero-order valence-corrected chi connectivity index (χ0v) is 15.8. The first kappa shape index (κ1) is 19.6. The van der Waals surface area contributed by atoms with Crippen molar-refractivity contribution in [2.45, 2.75) is 50.6 Å². The number of aliphatic carboxylic acids is 1. The van der Waals surface area contributed by atoms with Crippen LogP contribution in [0.2, 0.25) is 0 Å². The molecule has 0 saturated carbocycles. The monoisotopic (exact) mass is 377 g/mol. The van der Waals surface area contributed by atoms with Crippen molar-refractivity contribution in [3.05, 3.63) is 35.1 Å². The molecule has 2 amide bonds. The zero-order chi connectivity index (χ0) is 19.4. The Kier molecular flexibility index (Phi) is 6.31. The lowest BCUT2D eigenvalue weighted by molar-refractivity contribution is -0.138. The second kappa shape index (κ2) is 8.69. The predicted molar refractivity (Wildman–Crippen MR) is 100 cm³/mol. The molecule has 6 nitrogen and oxygen atoms in total. The highest BCUT2D eigenvalue weighted by molar-refractivity contribution is 5.75. The minimum Gasteiger partial charge on any atom is -0.480 e. The fourth-order valence-electron chi connectivity index (χ4n) is 4.23. The Morgan fingerprint density at radius 1 is 1.26 bits per heavy atom. The molecule has 0 spiro atoms. The average molecular weight is 377 g/mol. The number of fused-ring (bicyclic) bond motifs is 1. The number of amides is 2. The van der Waals surface area contributed by atoms with E-state index in [4.69, 9.17) is 5.11 Å². The molecule has 1 aliphatic carbocycles. The lowest BCUT2D eigenvalue weighted by Gasteiger charge is -2.30. The molecule has 0 radical (unpaired) electrons. The smallest absolute Gasteiger partial charge is 0.317 e. The van der Waals surface area contributed by atoms with Gasteiger partial charge in [0.25, 0.3) is 0 Å². The van der Waals surface area contributed by atoms with E-state index in [0.717, 1.165) is 49.7 Å². The van der Waals surface area contributed by atoms with Crippen LogP contribution in [0.25, 0.3) is 0 Å². The summed E-state index contributed by atoms with van der Waals surface area (Å²) < 4.78 is 13.7. The first-order valence-corrected chi connectivity index (χ1v) is 9.70. The molecule has 1 saturated heterocycles. The summed E-state index contributed by atoms with van der Waals surface area (Å²) in [5, 5.41) is 12.1. The Hall–Kier alpha value is -2.15. The van der Waals surface area contributed by atoms with Crippen LogP contribution in [0.15, 0.2) is 18.2 Å². The maximum absolute atomic E-state index is 13.7. The highest BCUT2D eigenvalue weighted by Gasteiger charge is 2.27. The van der Waals surface area contributed by atoms with E-state index in [-0.39, 0.29) is 30.5 Å². The first-order valence-electron chi connectivity index (χ1n) is 9.70. The molecular formula is C20H28FN3O3. The van der Waals surface area contributed by atoms with Crippen molar-refractivity contribution >= 4 is 12.0 Å². The third-order valence-electron chi connectivity index (χ3n) is 5.71. The van der Waals surface area contributed by atoms with E-state index in [1.165, 1.54) is 6.07 Å². The number of nitrogens with zero attached hydrogens (tertiary/aromatic N) is 2. The van der Waals surface area contributed by atoms with Gasteiger partial charge in [0.1, 0.15) is 5.82 Å². The molecule has 1 heterocycles. The van der Waals surface area contributed by atoms with Crippen LogP contribution in [0.3, 0.4) is 0 Å². The topological polar surface area (TPSA) is 72.9 Å². The summed E-state index contributed by atoms with van der Waals surface area (Å²) in [6.07, 6.45) is 5.20. The quantitative estimate of drug-likeness (QED) is 0.846. The van der Waals surface area contributed by atoms with Gasteiger partial charge in [-0.3, -0.25) is 9.69 Å². The Morgan fingerprint density at radius 3 is 2.85 bits per heavy atom. The number of rotatable bonds is 4. The van der Waals surface area contributed by atoms with E-state index in [9.17, 15) is 14.0 Å². The number of likely N-dealkylation sites (tertiary alicyclic amines) is 1. The van der Waals surface area contributed by atoms with E-state index >= 15 is 0 Å². The van der Waals surface area contributed by atoms with E-state index in [1.807, 2.05) is 22.9 Å². The van der Waals surface area contributed by atoms with Crippen molar-refractivity contribution in [1.82, 2.24) is 15.1 Å². The normalized spacial score (nSPS) is 22.9. The van der Waals surface area contributed by atoms with Crippen LogP contribution < -0.4 is 5.32 Å². The molecule has 148 valence electrons. The highest BCUT2D eigenvalue weighted by Crippen LogP contribution is 2.30. The number of hydrogen-bond donors (Lipinski definition) is 2. The molecule has 2 N–H and O–H groups in total. The van der Waals surface area contributed by atoms with Gasteiger partial charge < -0.3 is 15.3 Å². The van der Waals surface area contributed by atoms with Crippen LogP contribution in [-0.2, 0) is 11.2 Å². The second-order valence-corrected chi connectivity index (χ2v) is 7.62. The zero-order valence-electron chi connectivity index (χ0n) is 15.8. The number of carbonyl (C=O) groups is 2. The number of carboxylic acids is 1. The van der Waals surface area contributed by atoms with Gasteiger partial charge in [0, 0.05) is 19.1 Å². The lowest BCUT2D eigenvalue weighted by Crippen LogP contribution is -2.43. The number of aryl methyl sites for hydroxylation is 1. The molecule has 0 bridgehead atoms. The Labute approximate surface area is 159 Å². The van der Waals surface area contributed by atoms with Gasteiger partial charge in [-0.05, 0) is 68.8 Å². The van der Waals surface area contributed by atoms with Gasteiger partial charge in [0.05, 0.1) is 12.6 Å². The molecule has 27 heavy (non-hydrogen) atoms. The summed E-state index contributed by atoms with van der Waals surface area (Å²) in [5.41, 5.74) is 2.00. The average Bonchev–Trinajstić information content (AvgIpc) is 2.88. The number of carbonyl (C=O) groups excluding carboxylic acids is 1. The van der Waals surface area contributed by atoms with Gasteiger partial charge >= 0.3 is 12.0 Å². The van der Waals surface area contributed by atoms with Crippen molar-refractivity contribution in [3.63, 3.8) is 0 Å². The summed E-state index contributed by atoms with van der Waals surface area (Å²) in [7, 11) is 1.82. The Balaban J connectivity index is 1.59. The van der Waals surface area contributed by atoms with Gasteiger partial charge in [-0.15, -0.1) is 0 Å². The van der Waals surface area contributed by atoms with Crippen LogP contribution >= 0.6 is 0 Å². The Bertz CT molecular complexity index is 697. The van der Waals surface area contributed by atoms with E-state index in [0.29, 0.717) is 13.1 Å². The van der Waals surface area contributed by atoms with Crippen LogP contribution in [0, 0.1) is 5.82 Å². The fraction of sp³-hybridized carbons (Fsp3) is 0.600. The van der Waals surface area contributed by atoms with Crippen LogP contribution in [0.5, 0.6) is 0 Å². The van der Waals surface area contributed by atoms with Crippen molar-refractivity contribution in [2.75, 3.05) is 26.7 Å². The standard InChI is InChI=1S/C20H28FN3O3/c1-23(13-19(25)26)16-5-3-10-24(11-9-16)20(27)22-18-6-2-4-14-7-8-15(21)12-17(14)18/h7-8,12,16,18H,2-6,9-11,13H2,1H3,(H,22,27)(H,25,26)/t16?,18-/m1/s1. The van der Waals surface area contributed by atoms with E-state index in [2.05, 4.69) is 5.32 Å². The maximum atomic E-state index is 13.7. The Morgan fingerprint density at radius 2 is 2.07 bits per heavy atom. The molecule has 1 unspecified atom stereocenters. The van der Waals surface area contributed by atoms with Crippen LogP contribution in [0.1, 0.15) is 49.3 Å². The number of halogens is 1. The minimum atomic E-state index is -0.834. The molecule has 1 fully saturated rings. The summed E-state index contributed by atoms with van der Waals surface area (Å²) in [6.45, 7) is 1.27. The van der Waals surface area contributed by atoms with Crippen molar-refractivity contribution in [1.29, 1.82) is 0 Å². The predicted octanol–water partition coefficient (Wildman–Crippen LogP) is 2.78. The third kappa shape index (κ3) is 4.97. The van der Waals surface area contributed by atoms with Gasteiger partial charge in [-0.25, -0.2) is 9.18 Å². The van der Waals surface area contributed by atoms with E-state index < -0.39 is 5.97 Å². The minimum absolute atomic E-state index is 0.0152. The number of likely N-dealkylation sites (N-methyl/N-ethyl adjacent to an activating group) is 1. The molecule has 0 aromatic heterocycles. The number of nitrogens with one attached hydrogen (secondary N) is 1. The second-order valence-electron chi connectivity index (χ2n) is 7.62. The van der Waals surface area contributed by atoms with Crippen molar-refractivity contribution < 1.29 is 19.1 Å². The SMILES string of the molecule is CN(CC(=O)O)C1CCCN(C(=O)N[C@@H]2CCCc3ccc(F)cc32)CC1. The fourth-order valence-corrected chi connectivity index (χ4v) is 4.23. The van der Waals surface area contributed by atoms with Crippen molar-refractivity contribution in [2.24, 2.45) is 0 Å². The largest absolute Gasteiger partial charge is 0.480 e. The molecule has 1 aliphatic heterocycles. The number of urea groups is 1. The molecular weight excluding hydrogens is 349 g/mol. The van der Waals surface area contributed by atoms with Crippen molar-refractivity contribution in [3.8, 4) is 0 Å². The van der Waals surface area contributed by atoms with Gasteiger partial charge in [0.15, 0.2) is 0 Å². The first-order chi connectivity index (χ1) is 12.9. The number of benzene rings is 1. The highest BCUT2D eigenvalue weighted by atomic mass is 19.1. The molecule has 1 aromatic carbocycles. The summed E-state index contributed by atoms with van der Waals surface area (Å²) in [4.78, 5) is 27.4. The van der Waals surface area contributed by atoms with Gasteiger partial charge in [-0.1, -0.05) is 6.07 Å². The molecule has 7 heteroatoms.